The van der Waals surface area contributed by atoms with E-state index in [-0.39, 0.29) is 35.8 Å². The first kappa shape index (κ1) is 35.8. The van der Waals surface area contributed by atoms with Gasteiger partial charge in [-0.15, -0.1) is 11.3 Å². The fourth-order valence-electron chi connectivity index (χ4n) is 9.69. The number of nitro groups is 1. The first-order chi connectivity index (χ1) is 26.7. The molecule has 1 N–H and O–H groups in total. The average Bonchev–Trinajstić information content (AvgIpc) is 3.85. The van der Waals surface area contributed by atoms with Gasteiger partial charge in [0, 0.05) is 52.5 Å². The van der Waals surface area contributed by atoms with Gasteiger partial charge in [0.25, 0.3) is 5.69 Å². The Morgan fingerprint density at radius 1 is 1.00 bits per heavy atom. The Morgan fingerprint density at radius 2 is 1.79 bits per heavy atom. The van der Waals surface area contributed by atoms with Crippen molar-refractivity contribution in [3.8, 4) is 22.1 Å². The lowest BCUT2D eigenvalue weighted by Crippen LogP contribution is -2.49. The van der Waals surface area contributed by atoms with Gasteiger partial charge in [-0.05, 0) is 73.9 Å². The van der Waals surface area contributed by atoms with E-state index in [9.17, 15) is 29.6 Å². The van der Waals surface area contributed by atoms with E-state index < -0.39 is 63.6 Å². The monoisotopic (exact) mass is 791 g/mol. The predicted molar refractivity (Wildman–Crippen MR) is 209 cm³/mol. The molecular weight excluding hydrogens is 758 g/mol. The summed E-state index contributed by atoms with van der Waals surface area (Å²) in [4.78, 5) is 72.5. The Balaban J connectivity index is 1.15. The highest BCUT2D eigenvalue weighted by molar-refractivity contribution is 7.22. The Morgan fingerprint density at radius 3 is 2.52 bits per heavy atom. The molecule has 13 nitrogen and oxygen atoms in total. The molecule has 0 radical (unpaired) electrons. The number of ether oxygens (including phenoxy) is 1. The van der Waals surface area contributed by atoms with E-state index in [0.717, 1.165) is 25.4 Å². The largest absolute Gasteiger partial charge is 0.508 e. The van der Waals surface area contributed by atoms with Crippen LogP contribution < -0.4 is 14.5 Å². The van der Waals surface area contributed by atoms with Crippen molar-refractivity contribution in [1.29, 1.82) is 0 Å². The topological polar surface area (TPSA) is 165 Å². The van der Waals surface area contributed by atoms with Crippen LogP contribution in [0.2, 0.25) is 5.02 Å². The number of hydrogen-bond acceptors (Lipinski definition) is 10. The molecule has 0 unspecified atom stereocenters. The number of methoxy groups -OCH3 is 1. The van der Waals surface area contributed by atoms with Gasteiger partial charge in [-0.1, -0.05) is 35.4 Å². The number of aromatic hydroxyl groups is 1. The fraction of sp³-hybridized carbons (Fsp3) is 0.293. The number of imide groups is 2. The number of benzene rings is 3. The highest BCUT2D eigenvalue weighted by Crippen LogP contribution is 2.64. The smallest absolute Gasteiger partial charge is 0.271 e. The molecule has 2 aliphatic heterocycles. The average molecular weight is 792 g/mol. The second kappa shape index (κ2) is 12.6. The van der Waals surface area contributed by atoms with E-state index in [1.165, 1.54) is 58.4 Å². The number of anilines is 2. The molecule has 2 saturated heterocycles. The molecule has 2 aromatic heterocycles. The van der Waals surface area contributed by atoms with E-state index in [0.29, 0.717) is 27.6 Å². The number of aromatic nitrogens is 2. The second-order valence-corrected chi connectivity index (χ2v) is 16.6. The summed E-state index contributed by atoms with van der Waals surface area (Å²) in [5, 5.41) is 29.5. The number of allylic oxidation sites excluding steroid dienone is 2. The van der Waals surface area contributed by atoms with Crippen LogP contribution in [0, 0.1) is 46.1 Å². The summed E-state index contributed by atoms with van der Waals surface area (Å²) < 4.78 is 7.89. The summed E-state index contributed by atoms with van der Waals surface area (Å²) in [5.41, 5.74) is 1.02. The maximum Gasteiger partial charge on any atom is 0.271 e. The standard InChI is InChI=1S/C41H34ClN5O8S/c1-19-27-14-20(42)8-13-32(27)56-36(19)30-18-33(44(3)43-30)46-38(50)29-17-28-24(35(41(29,2)40(46)52)25-10-9-23(55-4)16-31(25)48)11-12-26-34(28)39(51)45(37(26)49)21-6-5-7-22(15-21)47(53)54/h5-11,13-16,18,26,28-29,34-35,48H,12,17H2,1-4H3/t26-,28+,29-,34-,35+,41+/m0/s1. The van der Waals surface area contributed by atoms with Crippen molar-refractivity contribution in [2.75, 3.05) is 16.9 Å². The SMILES string of the molecule is COc1ccc([C@H]2C3=CC[C@@H]4C(=O)N(c5cccc([N+](=O)[O-])c5)C(=O)[C@@H]4[C@@H]3C[C@H]3C(=O)N(c4cc(-c5sc6ccc(Cl)cc6c5C)nn4C)C(=O)[C@@]23C)c(O)c1. The van der Waals surface area contributed by atoms with Crippen molar-refractivity contribution in [3.63, 3.8) is 0 Å². The molecule has 0 spiro atoms. The number of phenols is 1. The van der Waals surface area contributed by atoms with E-state index in [1.807, 2.05) is 31.2 Å². The normalized spacial score (nSPS) is 25.7. The van der Waals surface area contributed by atoms with Crippen molar-refractivity contribution in [3.05, 3.63) is 105 Å². The maximum atomic E-state index is 15.1. The number of carbonyl (C=O) groups excluding carboxylic acids is 4. The van der Waals surface area contributed by atoms with E-state index >= 15 is 4.79 Å². The van der Waals surface area contributed by atoms with Crippen LogP contribution >= 0.6 is 22.9 Å². The lowest BCUT2D eigenvalue weighted by molar-refractivity contribution is -0.384. The minimum absolute atomic E-state index is 0.0840. The number of hydrogen-bond donors (Lipinski definition) is 1. The number of halogens is 1. The van der Waals surface area contributed by atoms with Crippen LogP contribution in [0.4, 0.5) is 17.2 Å². The number of nitrogens with zero attached hydrogens (tertiary/aromatic N) is 5. The molecule has 15 heteroatoms. The number of fused-ring (bicyclic) bond motifs is 5. The van der Waals surface area contributed by atoms with Crippen LogP contribution in [0.15, 0.2) is 78.4 Å². The number of non-ortho nitro benzene ring substituents is 1. The molecule has 1 saturated carbocycles. The van der Waals surface area contributed by atoms with Gasteiger partial charge in [0.1, 0.15) is 23.0 Å². The Labute approximate surface area is 328 Å². The Hall–Kier alpha value is -5.86. The number of rotatable bonds is 6. The van der Waals surface area contributed by atoms with Crippen molar-refractivity contribution in [2.24, 2.45) is 36.1 Å². The quantitative estimate of drug-likeness (QED) is 0.0803. The number of nitro benzene ring substituents is 1. The summed E-state index contributed by atoms with van der Waals surface area (Å²) in [6.07, 6.45) is 2.13. The lowest BCUT2D eigenvalue weighted by Gasteiger charge is -2.49. The molecule has 9 rings (SSSR count). The molecule has 4 amide bonds. The van der Waals surface area contributed by atoms with Crippen LogP contribution in [0.3, 0.4) is 0 Å². The highest BCUT2D eigenvalue weighted by Gasteiger charge is 2.68. The molecule has 4 aliphatic rings. The third-order valence-electron chi connectivity index (χ3n) is 12.3. The number of thiophene rings is 1. The first-order valence-electron chi connectivity index (χ1n) is 18.0. The van der Waals surface area contributed by atoms with E-state index in [1.54, 1.807) is 32.2 Å². The minimum Gasteiger partial charge on any atom is -0.508 e. The summed E-state index contributed by atoms with van der Waals surface area (Å²) in [6, 6.07) is 17.6. The Bertz CT molecular complexity index is 2630. The third-order valence-corrected chi connectivity index (χ3v) is 13.9. The van der Waals surface area contributed by atoms with Crippen molar-refractivity contribution >= 4 is 73.8 Å². The number of carbonyl (C=O) groups is 4. The van der Waals surface area contributed by atoms with Crippen molar-refractivity contribution < 1.29 is 33.9 Å². The van der Waals surface area contributed by atoms with Crippen molar-refractivity contribution in [1.82, 2.24) is 9.78 Å². The van der Waals surface area contributed by atoms with Crippen LogP contribution in [0.25, 0.3) is 20.7 Å². The van der Waals surface area contributed by atoms with Gasteiger partial charge in [0.2, 0.25) is 23.6 Å². The molecule has 284 valence electrons. The van der Waals surface area contributed by atoms with Crippen LogP contribution in [-0.2, 0) is 26.2 Å². The summed E-state index contributed by atoms with van der Waals surface area (Å²) in [6.45, 7) is 3.72. The van der Waals surface area contributed by atoms with Gasteiger partial charge in [-0.3, -0.25) is 34.0 Å². The lowest BCUT2D eigenvalue weighted by atomic mass is 9.51. The van der Waals surface area contributed by atoms with Gasteiger partial charge in [-0.2, -0.15) is 5.10 Å². The molecule has 6 atom stereocenters. The molecule has 5 aromatic rings. The summed E-state index contributed by atoms with van der Waals surface area (Å²) in [5.74, 6) is -5.61. The zero-order valence-corrected chi connectivity index (χ0v) is 32.1. The number of amides is 4. The summed E-state index contributed by atoms with van der Waals surface area (Å²) in [7, 11) is 3.14. The fourth-order valence-corrected chi connectivity index (χ4v) is 11.0. The van der Waals surface area contributed by atoms with Gasteiger partial charge < -0.3 is 9.84 Å². The van der Waals surface area contributed by atoms with Gasteiger partial charge >= 0.3 is 0 Å². The molecule has 3 aromatic carbocycles. The summed E-state index contributed by atoms with van der Waals surface area (Å²) >= 11 is 7.84. The van der Waals surface area contributed by atoms with E-state index in [4.69, 9.17) is 21.4 Å². The van der Waals surface area contributed by atoms with Gasteiger partial charge in [0.05, 0.1) is 45.8 Å². The van der Waals surface area contributed by atoms with Crippen LogP contribution in [-0.4, -0.2) is 50.5 Å². The zero-order valence-electron chi connectivity index (χ0n) is 30.6. The minimum atomic E-state index is -1.42. The second-order valence-electron chi connectivity index (χ2n) is 15.1. The predicted octanol–water partition coefficient (Wildman–Crippen LogP) is 7.32. The molecular formula is C41H34ClN5O8S. The number of phenolic OH excluding ortho intramolecular Hbond substituents is 1. The molecule has 4 heterocycles. The molecule has 2 aliphatic carbocycles. The zero-order chi connectivity index (χ0) is 39.5. The first-order valence-corrected chi connectivity index (χ1v) is 19.2. The third kappa shape index (κ3) is 4.94. The van der Waals surface area contributed by atoms with Crippen molar-refractivity contribution in [2.45, 2.75) is 32.6 Å². The van der Waals surface area contributed by atoms with Crippen LogP contribution in [0.5, 0.6) is 11.5 Å². The molecule has 3 fully saturated rings. The van der Waals surface area contributed by atoms with Gasteiger partial charge in [0.15, 0.2) is 0 Å². The van der Waals surface area contributed by atoms with E-state index in [2.05, 4.69) is 0 Å². The number of aryl methyl sites for hydroxylation is 2. The Kier molecular flexibility index (Phi) is 8.05. The van der Waals surface area contributed by atoms with Crippen LogP contribution in [0.1, 0.15) is 36.8 Å². The maximum absolute atomic E-state index is 15.1. The van der Waals surface area contributed by atoms with Gasteiger partial charge in [-0.25, -0.2) is 9.80 Å². The molecule has 56 heavy (non-hydrogen) atoms. The highest BCUT2D eigenvalue weighted by atomic mass is 35.5. The molecule has 0 bridgehead atoms.